The number of hydrogen-bond donors (Lipinski definition) is 2. The predicted molar refractivity (Wildman–Crippen MR) is 74.5 cm³/mol. The fraction of sp³-hybridized carbons (Fsp3) is 0.357. The SMILES string of the molecule is CCCCCNc1nc(C(=O)O)nc2ccccc12. The molecule has 1 aromatic heterocycles. The van der Waals surface area contributed by atoms with Crippen LogP contribution in [0.15, 0.2) is 24.3 Å². The minimum absolute atomic E-state index is 0.170. The Kier molecular flexibility index (Phi) is 4.28. The van der Waals surface area contributed by atoms with Gasteiger partial charge in [0.25, 0.3) is 0 Å². The van der Waals surface area contributed by atoms with Gasteiger partial charge in [0, 0.05) is 11.9 Å². The smallest absolute Gasteiger partial charge is 0.374 e. The van der Waals surface area contributed by atoms with Gasteiger partial charge in [0.05, 0.1) is 5.52 Å². The van der Waals surface area contributed by atoms with E-state index < -0.39 is 5.97 Å². The first kappa shape index (κ1) is 13.3. The quantitative estimate of drug-likeness (QED) is 0.780. The summed E-state index contributed by atoms with van der Waals surface area (Å²) in [5.41, 5.74) is 0.646. The van der Waals surface area contributed by atoms with Crippen LogP contribution >= 0.6 is 0 Å². The molecule has 2 N–H and O–H groups in total. The van der Waals surface area contributed by atoms with Crippen molar-refractivity contribution in [2.75, 3.05) is 11.9 Å². The molecule has 0 unspecified atom stereocenters. The average Bonchev–Trinajstić information content (AvgIpc) is 2.43. The van der Waals surface area contributed by atoms with Gasteiger partial charge in [-0.3, -0.25) is 0 Å². The number of unbranched alkanes of at least 4 members (excludes halogenated alkanes) is 2. The second-order valence-corrected chi connectivity index (χ2v) is 4.35. The average molecular weight is 259 g/mol. The molecule has 0 amide bonds. The number of carboxylic acids is 1. The summed E-state index contributed by atoms with van der Waals surface area (Å²) in [6, 6.07) is 7.41. The summed E-state index contributed by atoms with van der Waals surface area (Å²) in [7, 11) is 0. The normalized spacial score (nSPS) is 10.6. The maximum atomic E-state index is 11.0. The Labute approximate surface area is 111 Å². The highest BCUT2D eigenvalue weighted by atomic mass is 16.4. The van der Waals surface area contributed by atoms with E-state index in [0.29, 0.717) is 11.3 Å². The Bertz CT molecular complexity index is 584. The van der Waals surface area contributed by atoms with Gasteiger partial charge in [0.15, 0.2) is 0 Å². The van der Waals surface area contributed by atoms with Crippen LogP contribution < -0.4 is 5.32 Å². The van der Waals surface area contributed by atoms with Crippen molar-refractivity contribution in [3.05, 3.63) is 30.1 Å². The number of rotatable bonds is 6. The van der Waals surface area contributed by atoms with Gasteiger partial charge in [-0.1, -0.05) is 31.9 Å². The summed E-state index contributed by atoms with van der Waals surface area (Å²) in [6.45, 7) is 2.93. The fourth-order valence-electron chi connectivity index (χ4n) is 1.89. The van der Waals surface area contributed by atoms with Gasteiger partial charge in [-0.05, 0) is 18.6 Å². The van der Waals surface area contributed by atoms with Crippen LogP contribution in [-0.2, 0) is 0 Å². The first-order chi connectivity index (χ1) is 9.22. The maximum Gasteiger partial charge on any atom is 0.374 e. The zero-order valence-corrected chi connectivity index (χ0v) is 10.9. The van der Waals surface area contributed by atoms with E-state index in [1.165, 1.54) is 0 Å². The third-order valence-electron chi connectivity index (χ3n) is 2.87. The van der Waals surface area contributed by atoms with Crippen LogP contribution in [-0.4, -0.2) is 27.6 Å². The van der Waals surface area contributed by atoms with Crippen LogP contribution in [0.4, 0.5) is 5.82 Å². The van der Waals surface area contributed by atoms with Crippen molar-refractivity contribution in [3.63, 3.8) is 0 Å². The molecule has 0 fully saturated rings. The van der Waals surface area contributed by atoms with E-state index in [2.05, 4.69) is 22.2 Å². The molecule has 0 saturated heterocycles. The summed E-state index contributed by atoms with van der Waals surface area (Å²) in [6.07, 6.45) is 3.33. The monoisotopic (exact) mass is 259 g/mol. The standard InChI is InChI=1S/C14H17N3O2/c1-2-3-6-9-15-12-10-7-4-5-8-11(10)16-13(17-12)14(18)19/h4-5,7-8H,2-3,6,9H2,1H3,(H,18,19)(H,15,16,17). The zero-order valence-electron chi connectivity index (χ0n) is 10.9. The topological polar surface area (TPSA) is 75.1 Å². The van der Waals surface area contributed by atoms with Gasteiger partial charge in [0.1, 0.15) is 5.82 Å². The van der Waals surface area contributed by atoms with E-state index in [-0.39, 0.29) is 5.82 Å². The Hall–Kier alpha value is -2.17. The van der Waals surface area contributed by atoms with Gasteiger partial charge < -0.3 is 10.4 Å². The molecule has 0 radical (unpaired) electrons. The van der Waals surface area contributed by atoms with Crippen molar-refractivity contribution >= 4 is 22.7 Å². The summed E-state index contributed by atoms with van der Waals surface area (Å²) < 4.78 is 0. The molecular weight excluding hydrogens is 242 g/mol. The third kappa shape index (κ3) is 3.19. The molecule has 0 saturated carbocycles. The van der Waals surface area contributed by atoms with Crippen molar-refractivity contribution in [3.8, 4) is 0 Å². The first-order valence-electron chi connectivity index (χ1n) is 6.46. The number of hydrogen-bond acceptors (Lipinski definition) is 4. The summed E-state index contributed by atoms with van der Waals surface area (Å²) in [5, 5.41) is 13.1. The second-order valence-electron chi connectivity index (χ2n) is 4.35. The number of aromatic nitrogens is 2. The molecule has 0 aliphatic rings. The number of aromatic carboxylic acids is 1. The molecule has 0 aliphatic carbocycles. The molecule has 2 aromatic rings. The molecule has 2 rings (SSSR count). The van der Waals surface area contributed by atoms with E-state index in [1.807, 2.05) is 18.2 Å². The van der Waals surface area contributed by atoms with E-state index in [0.717, 1.165) is 31.2 Å². The van der Waals surface area contributed by atoms with Gasteiger partial charge in [-0.25, -0.2) is 14.8 Å². The predicted octanol–water partition coefficient (Wildman–Crippen LogP) is 2.93. The zero-order chi connectivity index (χ0) is 13.7. The summed E-state index contributed by atoms with van der Waals surface area (Å²) >= 11 is 0. The van der Waals surface area contributed by atoms with Crippen LogP contribution in [0.5, 0.6) is 0 Å². The van der Waals surface area contributed by atoms with E-state index in [1.54, 1.807) is 6.07 Å². The number of carboxylic acid groups (broad SMARTS) is 1. The molecule has 5 nitrogen and oxygen atoms in total. The molecule has 0 atom stereocenters. The molecule has 1 aromatic carbocycles. The van der Waals surface area contributed by atoms with E-state index in [9.17, 15) is 4.79 Å². The maximum absolute atomic E-state index is 11.0. The molecule has 0 aliphatic heterocycles. The lowest BCUT2D eigenvalue weighted by atomic mass is 10.2. The molecule has 100 valence electrons. The lowest BCUT2D eigenvalue weighted by Gasteiger charge is -2.09. The highest BCUT2D eigenvalue weighted by Crippen LogP contribution is 2.20. The number of para-hydroxylation sites is 1. The number of fused-ring (bicyclic) bond motifs is 1. The Morgan fingerprint density at radius 3 is 2.79 bits per heavy atom. The number of carbonyl (C=O) groups is 1. The van der Waals surface area contributed by atoms with Gasteiger partial charge >= 0.3 is 5.97 Å². The summed E-state index contributed by atoms with van der Waals surface area (Å²) in [5.74, 6) is -0.682. The van der Waals surface area contributed by atoms with E-state index >= 15 is 0 Å². The van der Waals surface area contributed by atoms with Crippen molar-refractivity contribution in [1.29, 1.82) is 0 Å². The van der Waals surface area contributed by atoms with Crippen molar-refractivity contribution in [2.24, 2.45) is 0 Å². The summed E-state index contributed by atoms with van der Waals surface area (Å²) in [4.78, 5) is 19.1. The van der Waals surface area contributed by atoms with Crippen LogP contribution in [0.25, 0.3) is 10.9 Å². The molecule has 1 heterocycles. The first-order valence-corrected chi connectivity index (χ1v) is 6.46. The van der Waals surface area contributed by atoms with Crippen molar-refractivity contribution in [2.45, 2.75) is 26.2 Å². The van der Waals surface area contributed by atoms with E-state index in [4.69, 9.17) is 5.11 Å². The Morgan fingerprint density at radius 2 is 2.05 bits per heavy atom. The number of nitrogens with zero attached hydrogens (tertiary/aromatic N) is 2. The van der Waals surface area contributed by atoms with Crippen LogP contribution in [0.2, 0.25) is 0 Å². The lowest BCUT2D eigenvalue weighted by molar-refractivity contribution is 0.0684. The van der Waals surface area contributed by atoms with Gasteiger partial charge in [-0.2, -0.15) is 0 Å². The highest BCUT2D eigenvalue weighted by Gasteiger charge is 2.11. The Morgan fingerprint density at radius 1 is 1.26 bits per heavy atom. The minimum atomic E-state index is -1.11. The number of nitrogens with one attached hydrogen (secondary N) is 1. The largest absolute Gasteiger partial charge is 0.475 e. The lowest BCUT2D eigenvalue weighted by Crippen LogP contribution is -2.10. The number of anilines is 1. The molecule has 19 heavy (non-hydrogen) atoms. The second kappa shape index (κ2) is 6.13. The number of benzene rings is 1. The fourth-order valence-corrected chi connectivity index (χ4v) is 1.89. The molecule has 5 heteroatoms. The van der Waals surface area contributed by atoms with Crippen molar-refractivity contribution < 1.29 is 9.90 Å². The minimum Gasteiger partial charge on any atom is -0.475 e. The molecule has 0 bridgehead atoms. The van der Waals surface area contributed by atoms with Crippen LogP contribution in [0.1, 0.15) is 36.8 Å². The Balaban J connectivity index is 2.31. The van der Waals surface area contributed by atoms with Crippen LogP contribution in [0, 0.1) is 0 Å². The van der Waals surface area contributed by atoms with Gasteiger partial charge in [-0.15, -0.1) is 0 Å². The highest BCUT2D eigenvalue weighted by molar-refractivity contribution is 5.93. The molecular formula is C14H17N3O2. The molecule has 0 spiro atoms. The van der Waals surface area contributed by atoms with Crippen LogP contribution in [0.3, 0.4) is 0 Å². The van der Waals surface area contributed by atoms with Gasteiger partial charge in [0.2, 0.25) is 5.82 Å². The third-order valence-corrected chi connectivity index (χ3v) is 2.87. The van der Waals surface area contributed by atoms with Crippen molar-refractivity contribution in [1.82, 2.24) is 9.97 Å².